The number of amides is 5. The van der Waals surface area contributed by atoms with E-state index in [9.17, 15) is 43.8 Å². The monoisotopic (exact) mass is 549 g/mol. The lowest BCUT2D eigenvalue weighted by atomic mass is 9.85. The van der Waals surface area contributed by atoms with Crippen LogP contribution in [0.3, 0.4) is 0 Å². The van der Waals surface area contributed by atoms with Gasteiger partial charge in [-0.2, -0.15) is 0 Å². The second kappa shape index (κ2) is 13.3. The molecule has 1 aliphatic rings. The molecule has 0 aliphatic carbocycles. The summed E-state index contributed by atoms with van der Waals surface area (Å²) in [6.07, 6.45) is -1.88. The molecule has 1 saturated heterocycles. The molecule has 1 aromatic carbocycles. The van der Waals surface area contributed by atoms with Gasteiger partial charge in [-0.15, -0.1) is 0 Å². The maximum atomic E-state index is 13.2. The first kappa shape index (κ1) is 30.7. The maximum Gasteiger partial charge on any atom is 0.407 e. The molecule has 0 unspecified atom stereocenters. The third kappa shape index (κ3) is 7.75. The van der Waals surface area contributed by atoms with E-state index in [1.54, 1.807) is 24.3 Å². The van der Waals surface area contributed by atoms with Crippen molar-refractivity contribution in [2.45, 2.75) is 64.6 Å². The average Bonchev–Trinajstić information content (AvgIpc) is 2.87. The summed E-state index contributed by atoms with van der Waals surface area (Å²) in [5.74, 6) is -6.90. The molecule has 1 aliphatic heterocycles. The highest BCUT2D eigenvalue weighted by atomic mass is 16.5. The minimum atomic E-state index is -1.98. The fraction of sp³-hybridized carbons (Fsp3) is 0.480. The fourth-order valence-electron chi connectivity index (χ4n) is 3.95. The van der Waals surface area contributed by atoms with Crippen molar-refractivity contribution >= 4 is 41.8 Å². The molecule has 39 heavy (non-hydrogen) atoms. The van der Waals surface area contributed by atoms with E-state index in [4.69, 9.17) is 9.84 Å². The van der Waals surface area contributed by atoms with E-state index in [2.05, 4.69) is 5.32 Å². The van der Waals surface area contributed by atoms with E-state index in [1.807, 2.05) is 6.07 Å². The number of unbranched alkanes of at least 4 members (excludes halogenated alkanes) is 1. The summed E-state index contributed by atoms with van der Waals surface area (Å²) in [5.41, 5.74) is -1.20. The molecule has 0 saturated carbocycles. The molecule has 212 valence electrons. The minimum absolute atomic E-state index is 0.0573. The zero-order chi connectivity index (χ0) is 29.3. The Kier molecular flexibility index (Phi) is 10.5. The third-order valence-electron chi connectivity index (χ3n) is 6.13. The van der Waals surface area contributed by atoms with E-state index in [0.29, 0.717) is 4.90 Å². The normalized spacial score (nSPS) is 16.4. The number of hydrogen-bond donors (Lipinski definition) is 4. The van der Waals surface area contributed by atoms with Crippen molar-refractivity contribution in [1.29, 1.82) is 0 Å². The summed E-state index contributed by atoms with van der Waals surface area (Å²) >= 11 is 0. The van der Waals surface area contributed by atoms with Gasteiger partial charge < -0.3 is 25.4 Å². The lowest BCUT2D eigenvalue weighted by Gasteiger charge is -2.44. The number of nitrogens with one attached hydrogen (secondary N) is 1. The molecule has 4 N–H and O–H groups in total. The first-order chi connectivity index (χ1) is 18.3. The van der Waals surface area contributed by atoms with Gasteiger partial charge in [-0.3, -0.25) is 14.4 Å². The lowest BCUT2D eigenvalue weighted by Crippen LogP contribution is -2.69. The standard InChI is InChI=1S/C25H31N3O11/c1-25(2)21(35)27(24(38)28(22(25)36)17(20(33)34)11-12-18(29)30)16(19(31)32)10-6-7-13-26-23(37)39-14-15-8-4-3-5-9-15/h3-5,8-9,16-17H,6-7,10-14H2,1-2H3,(H,26,37)(H,29,30)(H,31,32)(H,33,34)/t16-,17-/m0/s1. The average molecular weight is 550 g/mol. The number of benzene rings is 1. The number of alkyl carbamates (subject to hydrolysis) is 1. The minimum Gasteiger partial charge on any atom is -0.481 e. The molecule has 1 heterocycles. The van der Waals surface area contributed by atoms with Crippen LogP contribution in [0, 0.1) is 5.41 Å². The van der Waals surface area contributed by atoms with Crippen LogP contribution in [0.2, 0.25) is 0 Å². The summed E-state index contributed by atoms with van der Waals surface area (Å²) in [7, 11) is 0. The van der Waals surface area contributed by atoms with E-state index >= 15 is 0 Å². The Morgan fingerprint density at radius 3 is 1.92 bits per heavy atom. The molecule has 1 aromatic rings. The van der Waals surface area contributed by atoms with Crippen LogP contribution in [0.4, 0.5) is 9.59 Å². The SMILES string of the molecule is CC1(C)C(=O)N([C@@H](CCCCNC(=O)OCc2ccccc2)C(=O)O)C(=O)N([C@@H](CCC(=O)O)C(=O)O)C1=O. The fourth-order valence-corrected chi connectivity index (χ4v) is 3.95. The number of carboxylic acid groups (broad SMARTS) is 3. The van der Waals surface area contributed by atoms with Crippen molar-refractivity contribution < 1.29 is 53.6 Å². The maximum absolute atomic E-state index is 13.2. The number of urea groups is 1. The summed E-state index contributed by atoms with van der Waals surface area (Å²) in [6.45, 7) is 2.42. The van der Waals surface area contributed by atoms with E-state index in [1.165, 1.54) is 0 Å². The van der Waals surface area contributed by atoms with Crippen LogP contribution in [0.1, 0.15) is 51.5 Å². The number of carbonyl (C=O) groups is 7. The zero-order valence-corrected chi connectivity index (χ0v) is 21.5. The molecule has 14 nitrogen and oxygen atoms in total. The Bertz CT molecular complexity index is 1120. The van der Waals surface area contributed by atoms with Gasteiger partial charge in [0.1, 0.15) is 24.1 Å². The van der Waals surface area contributed by atoms with Gasteiger partial charge in [0.2, 0.25) is 11.8 Å². The van der Waals surface area contributed by atoms with Crippen LogP contribution in [0.25, 0.3) is 0 Å². The predicted molar refractivity (Wildman–Crippen MR) is 131 cm³/mol. The summed E-state index contributed by atoms with van der Waals surface area (Å²) in [4.78, 5) is 86.5. The number of carboxylic acids is 3. The van der Waals surface area contributed by atoms with Crippen molar-refractivity contribution in [1.82, 2.24) is 15.1 Å². The van der Waals surface area contributed by atoms with Gasteiger partial charge in [0.05, 0.1) is 0 Å². The second-order valence-corrected chi connectivity index (χ2v) is 9.38. The number of aliphatic carboxylic acids is 3. The van der Waals surface area contributed by atoms with Gasteiger partial charge >= 0.3 is 30.0 Å². The number of carbonyl (C=O) groups excluding carboxylic acids is 4. The van der Waals surface area contributed by atoms with Crippen LogP contribution >= 0.6 is 0 Å². The molecule has 1 fully saturated rings. The molecule has 2 atom stereocenters. The molecule has 0 spiro atoms. The van der Waals surface area contributed by atoms with Crippen LogP contribution < -0.4 is 5.32 Å². The lowest BCUT2D eigenvalue weighted by molar-refractivity contribution is -0.167. The van der Waals surface area contributed by atoms with E-state index < -0.39 is 72.2 Å². The number of rotatable bonds is 14. The zero-order valence-electron chi connectivity index (χ0n) is 21.5. The molecule has 0 aromatic heterocycles. The molecule has 0 radical (unpaired) electrons. The molecular formula is C25H31N3O11. The van der Waals surface area contributed by atoms with Gasteiger partial charge in [-0.25, -0.2) is 29.0 Å². The second-order valence-electron chi connectivity index (χ2n) is 9.38. The Morgan fingerprint density at radius 2 is 1.41 bits per heavy atom. The van der Waals surface area contributed by atoms with Crippen molar-refractivity contribution in [2.75, 3.05) is 6.54 Å². The van der Waals surface area contributed by atoms with Crippen molar-refractivity contribution in [3.05, 3.63) is 35.9 Å². The summed E-state index contributed by atoms with van der Waals surface area (Å²) in [5, 5.41) is 30.8. The van der Waals surface area contributed by atoms with Gasteiger partial charge in [0.25, 0.3) is 0 Å². The number of ether oxygens (including phenoxy) is 1. The number of barbiturate groups is 1. The van der Waals surface area contributed by atoms with Crippen molar-refractivity contribution in [2.24, 2.45) is 5.41 Å². The Morgan fingerprint density at radius 1 is 0.872 bits per heavy atom. The van der Waals surface area contributed by atoms with Crippen LogP contribution in [0.15, 0.2) is 30.3 Å². The number of imide groups is 2. The quantitative estimate of drug-likeness (QED) is 0.194. The highest BCUT2D eigenvalue weighted by molar-refractivity contribution is 6.20. The third-order valence-corrected chi connectivity index (χ3v) is 6.13. The Labute approximate surface area is 223 Å². The van der Waals surface area contributed by atoms with Gasteiger partial charge in [-0.05, 0) is 45.1 Å². The summed E-state index contributed by atoms with van der Waals surface area (Å²) < 4.78 is 5.07. The van der Waals surface area contributed by atoms with Crippen LogP contribution in [0.5, 0.6) is 0 Å². The smallest absolute Gasteiger partial charge is 0.407 e. The topological polar surface area (TPSA) is 208 Å². The molecular weight excluding hydrogens is 518 g/mol. The number of nitrogens with zero attached hydrogens (tertiary/aromatic N) is 2. The van der Waals surface area contributed by atoms with Gasteiger partial charge in [-0.1, -0.05) is 30.3 Å². The van der Waals surface area contributed by atoms with E-state index in [0.717, 1.165) is 19.4 Å². The highest BCUT2D eigenvalue weighted by Crippen LogP contribution is 2.33. The van der Waals surface area contributed by atoms with E-state index in [-0.39, 0.29) is 37.3 Å². The number of hydrogen-bond acceptors (Lipinski definition) is 8. The van der Waals surface area contributed by atoms with Crippen molar-refractivity contribution in [3.63, 3.8) is 0 Å². The first-order valence-corrected chi connectivity index (χ1v) is 12.1. The molecule has 2 rings (SSSR count). The largest absolute Gasteiger partial charge is 0.481 e. The van der Waals surface area contributed by atoms with Crippen molar-refractivity contribution in [3.8, 4) is 0 Å². The molecule has 0 bridgehead atoms. The Balaban J connectivity index is 2.07. The van der Waals surface area contributed by atoms with Crippen LogP contribution in [-0.4, -0.2) is 85.6 Å². The van der Waals surface area contributed by atoms with Gasteiger partial charge in [0, 0.05) is 13.0 Å². The molecule has 14 heteroatoms. The first-order valence-electron chi connectivity index (χ1n) is 12.1. The summed E-state index contributed by atoms with van der Waals surface area (Å²) in [6, 6.07) is 3.86. The molecule has 5 amide bonds. The Hall–Kier alpha value is -4.49. The van der Waals surface area contributed by atoms with Crippen LogP contribution in [-0.2, 0) is 35.3 Å². The van der Waals surface area contributed by atoms with Gasteiger partial charge in [0.15, 0.2) is 0 Å². The highest BCUT2D eigenvalue weighted by Gasteiger charge is 2.57. The predicted octanol–water partition coefficient (Wildman–Crippen LogP) is 1.67.